The molecule has 0 aromatic heterocycles. The molecule has 1 nitrogen and oxygen atoms in total. The lowest BCUT2D eigenvalue weighted by atomic mass is 9.70. The van der Waals surface area contributed by atoms with Gasteiger partial charge in [0.05, 0.1) is 0 Å². The van der Waals surface area contributed by atoms with Gasteiger partial charge >= 0.3 is 0 Å². The Morgan fingerprint density at radius 2 is 2.00 bits per heavy atom. The highest BCUT2D eigenvalue weighted by molar-refractivity contribution is 5.91. The summed E-state index contributed by atoms with van der Waals surface area (Å²) < 4.78 is 0. The van der Waals surface area contributed by atoms with E-state index in [1.807, 2.05) is 0 Å². The van der Waals surface area contributed by atoms with Gasteiger partial charge in [-0.25, -0.2) is 0 Å². The van der Waals surface area contributed by atoms with Crippen LogP contribution in [0.25, 0.3) is 0 Å². The number of hydrogen-bond donors (Lipinski definition) is 0. The highest BCUT2D eigenvalue weighted by Crippen LogP contribution is 2.66. The van der Waals surface area contributed by atoms with E-state index >= 15 is 0 Å². The summed E-state index contributed by atoms with van der Waals surface area (Å²) in [5.74, 6) is 1.62. The van der Waals surface area contributed by atoms with Crippen molar-refractivity contribution in [2.75, 3.05) is 0 Å². The molecule has 3 atom stereocenters. The zero-order valence-corrected chi connectivity index (χ0v) is 9.89. The molecule has 2 saturated carbocycles. The van der Waals surface area contributed by atoms with E-state index in [1.165, 1.54) is 6.42 Å². The molecule has 0 unspecified atom stereocenters. The lowest BCUT2D eigenvalue weighted by Crippen LogP contribution is -2.33. The quantitative estimate of drug-likeness (QED) is 0.658. The lowest BCUT2D eigenvalue weighted by molar-refractivity contribution is -0.131. The van der Waals surface area contributed by atoms with Crippen LogP contribution in [0.15, 0.2) is 0 Å². The summed E-state index contributed by atoms with van der Waals surface area (Å²) in [6.45, 7) is 9.00. The van der Waals surface area contributed by atoms with Gasteiger partial charge < -0.3 is 0 Å². The van der Waals surface area contributed by atoms with Crippen LogP contribution in [0.2, 0.25) is 0 Å². The summed E-state index contributed by atoms with van der Waals surface area (Å²) in [6, 6.07) is 0. The molecule has 0 saturated heterocycles. The van der Waals surface area contributed by atoms with Gasteiger partial charge in [-0.05, 0) is 30.6 Å². The van der Waals surface area contributed by atoms with Gasteiger partial charge in [-0.2, -0.15) is 0 Å². The smallest absolute Gasteiger partial charge is 0.142 e. The molecule has 2 bridgehead atoms. The summed E-state index contributed by atoms with van der Waals surface area (Å²) in [7, 11) is 0. The third kappa shape index (κ3) is 0.936. The maximum Gasteiger partial charge on any atom is 0.142 e. The van der Waals surface area contributed by atoms with Gasteiger partial charge in [-0.15, -0.1) is 0 Å². The Bertz CT molecular complexity index is 266. The van der Waals surface area contributed by atoms with Crippen molar-refractivity contribution in [2.45, 2.75) is 53.4 Å². The summed E-state index contributed by atoms with van der Waals surface area (Å²) in [6.07, 6.45) is 4.67. The first-order valence-electron chi connectivity index (χ1n) is 5.99. The molecule has 2 rings (SSSR count). The van der Waals surface area contributed by atoms with E-state index in [0.29, 0.717) is 17.6 Å². The van der Waals surface area contributed by atoms with Crippen LogP contribution in [-0.2, 0) is 4.79 Å². The van der Waals surface area contributed by atoms with Gasteiger partial charge in [0.1, 0.15) is 5.78 Å². The van der Waals surface area contributed by atoms with Crippen molar-refractivity contribution in [2.24, 2.45) is 22.7 Å². The second-order valence-electron chi connectivity index (χ2n) is 5.96. The Kier molecular flexibility index (Phi) is 2.06. The van der Waals surface area contributed by atoms with E-state index in [1.54, 1.807) is 0 Å². The van der Waals surface area contributed by atoms with Crippen LogP contribution in [0.1, 0.15) is 53.4 Å². The summed E-state index contributed by atoms with van der Waals surface area (Å²) in [5.41, 5.74) is 0.251. The standard InChI is InChI=1S/C13H22O/c1-5-6-9-10-7-8-13(4,11(9)14)12(10,2)3/h9-10H,5-8H2,1-4H3/t9-,10+,13+/m0/s1. The molecule has 0 N–H and O–H groups in total. The number of rotatable bonds is 2. The van der Waals surface area contributed by atoms with Crippen LogP contribution >= 0.6 is 0 Å². The van der Waals surface area contributed by atoms with Crippen LogP contribution in [0, 0.1) is 22.7 Å². The Balaban J connectivity index is 2.34. The molecule has 2 aliphatic rings. The fourth-order valence-corrected chi connectivity index (χ4v) is 3.92. The Morgan fingerprint density at radius 3 is 2.43 bits per heavy atom. The summed E-state index contributed by atoms with van der Waals surface area (Å²) in [4.78, 5) is 12.3. The molecule has 14 heavy (non-hydrogen) atoms. The zero-order chi connectivity index (χ0) is 10.6. The third-order valence-corrected chi connectivity index (χ3v) is 5.27. The van der Waals surface area contributed by atoms with Gasteiger partial charge in [-0.1, -0.05) is 34.1 Å². The molecule has 0 spiro atoms. The summed E-state index contributed by atoms with van der Waals surface area (Å²) >= 11 is 0. The summed E-state index contributed by atoms with van der Waals surface area (Å²) in [5, 5.41) is 0. The highest BCUT2D eigenvalue weighted by Gasteiger charge is 2.65. The van der Waals surface area contributed by atoms with Crippen molar-refractivity contribution < 1.29 is 4.79 Å². The number of ketones is 1. The molecule has 1 heteroatoms. The first-order chi connectivity index (χ1) is 6.45. The fraction of sp³-hybridized carbons (Fsp3) is 0.923. The zero-order valence-electron chi connectivity index (χ0n) is 9.89. The van der Waals surface area contributed by atoms with Crippen molar-refractivity contribution in [3.63, 3.8) is 0 Å². The minimum atomic E-state index is -0.00248. The number of carbonyl (C=O) groups is 1. The minimum absolute atomic E-state index is 0.00248. The Labute approximate surface area is 87.3 Å². The maximum atomic E-state index is 12.3. The average molecular weight is 194 g/mol. The molecule has 0 heterocycles. The maximum absolute atomic E-state index is 12.3. The van der Waals surface area contributed by atoms with Gasteiger partial charge in [0, 0.05) is 11.3 Å². The molecular formula is C13H22O. The third-order valence-electron chi connectivity index (χ3n) is 5.27. The molecule has 80 valence electrons. The molecule has 2 fully saturated rings. The minimum Gasteiger partial charge on any atom is -0.299 e. The number of Topliss-reactive ketones (excluding diaryl/α,β-unsaturated/α-hetero) is 1. The van der Waals surface area contributed by atoms with E-state index in [2.05, 4.69) is 27.7 Å². The SMILES string of the molecule is CCC[C@@H]1C(=O)[C@@]2(C)CC[C@H]1C2(C)C. The lowest BCUT2D eigenvalue weighted by Gasteiger charge is -2.32. The second-order valence-corrected chi connectivity index (χ2v) is 5.96. The van der Waals surface area contributed by atoms with E-state index in [4.69, 9.17) is 0 Å². The van der Waals surface area contributed by atoms with E-state index in [0.717, 1.165) is 19.3 Å². The van der Waals surface area contributed by atoms with Crippen molar-refractivity contribution in [1.82, 2.24) is 0 Å². The predicted molar refractivity (Wildman–Crippen MR) is 58.0 cm³/mol. The highest BCUT2D eigenvalue weighted by atomic mass is 16.1. The molecule has 2 aliphatic carbocycles. The van der Waals surface area contributed by atoms with Crippen molar-refractivity contribution in [1.29, 1.82) is 0 Å². The number of hydrogen-bond acceptors (Lipinski definition) is 1. The van der Waals surface area contributed by atoms with Crippen LogP contribution in [-0.4, -0.2) is 5.78 Å². The molecule has 0 aliphatic heterocycles. The van der Waals surface area contributed by atoms with Gasteiger partial charge in [-0.3, -0.25) is 4.79 Å². The van der Waals surface area contributed by atoms with E-state index < -0.39 is 0 Å². The Hall–Kier alpha value is -0.330. The van der Waals surface area contributed by atoms with Crippen molar-refractivity contribution >= 4 is 5.78 Å². The van der Waals surface area contributed by atoms with Crippen molar-refractivity contribution in [3.8, 4) is 0 Å². The molecule has 0 radical (unpaired) electrons. The van der Waals surface area contributed by atoms with Crippen molar-refractivity contribution in [3.05, 3.63) is 0 Å². The molecule has 0 amide bonds. The second kappa shape index (κ2) is 2.84. The molecule has 0 aromatic carbocycles. The Morgan fingerprint density at radius 1 is 1.36 bits per heavy atom. The first kappa shape index (κ1) is 10.2. The van der Waals surface area contributed by atoms with Crippen LogP contribution < -0.4 is 0 Å². The van der Waals surface area contributed by atoms with Crippen LogP contribution in [0.4, 0.5) is 0 Å². The van der Waals surface area contributed by atoms with E-state index in [-0.39, 0.29) is 10.8 Å². The normalized spacial score (nSPS) is 44.7. The van der Waals surface area contributed by atoms with E-state index in [9.17, 15) is 4.79 Å². The largest absolute Gasteiger partial charge is 0.299 e. The molecule has 0 aromatic rings. The topological polar surface area (TPSA) is 17.1 Å². The number of fused-ring (bicyclic) bond motifs is 2. The van der Waals surface area contributed by atoms with Gasteiger partial charge in [0.15, 0.2) is 0 Å². The van der Waals surface area contributed by atoms with Crippen LogP contribution in [0.3, 0.4) is 0 Å². The first-order valence-corrected chi connectivity index (χ1v) is 5.99. The fourth-order valence-electron chi connectivity index (χ4n) is 3.92. The molecular weight excluding hydrogens is 172 g/mol. The predicted octanol–water partition coefficient (Wildman–Crippen LogP) is 3.43. The van der Waals surface area contributed by atoms with Crippen LogP contribution in [0.5, 0.6) is 0 Å². The van der Waals surface area contributed by atoms with Gasteiger partial charge in [0.2, 0.25) is 0 Å². The average Bonchev–Trinajstić information content (AvgIpc) is 2.41. The van der Waals surface area contributed by atoms with Gasteiger partial charge in [0.25, 0.3) is 0 Å². The monoisotopic (exact) mass is 194 g/mol. The number of carbonyl (C=O) groups excluding carboxylic acids is 1.